The zero-order valence-electron chi connectivity index (χ0n) is 17.5. The molecule has 162 valence electrons. The number of nitrogens with one attached hydrogen (secondary N) is 2. The first-order valence-corrected chi connectivity index (χ1v) is 10.7. The summed E-state index contributed by atoms with van der Waals surface area (Å²) in [6.07, 6.45) is 0.683. The van der Waals surface area contributed by atoms with Crippen molar-refractivity contribution in [3.05, 3.63) is 45.2 Å². The van der Waals surface area contributed by atoms with Crippen molar-refractivity contribution in [2.75, 3.05) is 26.7 Å². The summed E-state index contributed by atoms with van der Waals surface area (Å²) >= 11 is 1.63. The molecule has 0 spiro atoms. The molecule has 2 aromatic rings. The van der Waals surface area contributed by atoms with E-state index in [0.29, 0.717) is 37.4 Å². The first kappa shape index (κ1) is 22.2. The van der Waals surface area contributed by atoms with Crippen LogP contribution in [-0.2, 0) is 22.6 Å². The average molecular weight is 435 g/mol. The van der Waals surface area contributed by atoms with Gasteiger partial charge in [0, 0.05) is 49.1 Å². The second kappa shape index (κ2) is 9.99. The molecule has 1 aliphatic rings. The van der Waals surface area contributed by atoms with Crippen LogP contribution >= 0.6 is 11.3 Å². The zero-order chi connectivity index (χ0) is 21.7. The number of benzene rings is 1. The van der Waals surface area contributed by atoms with E-state index in [4.69, 9.17) is 4.74 Å². The van der Waals surface area contributed by atoms with Crippen molar-refractivity contribution in [2.24, 2.45) is 0 Å². The highest BCUT2D eigenvalue weighted by Gasteiger charge is 2.32. The molecule has 1 aliphatic heterocycles. The highest BCUT2D eigenvalue weighted by atomic mass is 32.1. The summed E-state index contributed by atoms with van der Waals surface area (Å²) < 4.78 is 19.4. The Balaban J connectivity index is 1.57. The Morgan fingerprint density at radius 3 is 2.90 bits per heavy atom. The fraction of sp³-hybridized carbons (Fsp3) is 0.476. The maximum atomic E-state index is 14.3. The predicted molar refractivity (Wildman–Crippen MR) is 113 cm³/mol. The van der Waals surface area contributed by atoms with E-state index >= 15 is 0 Å². The van der Waals surface area contributed by atoms with Gasteiger partial charge >= 0.3 is 0 Å². The number of carbonyl (C=O) groups is 2. The number of aryl methyl sites for hydroxylation is 2. The van der Waals surface area contributed by atoms with Gasteiger partial charge in [0.05, 0.1) is 30.3 Å². The molecule has 1 saturated heterocycles. The summed E-state index contributed by atoms with van der Waals surface area (Å²) in [5, 5.41) is 6.65. The van der Waals surface area contributed by atoms with E-state index in [0.717, 1.165) is 10.7 Å². The first-order chi connectivity index (χ1) is 14.4. The maximum Gasteiger partial charge on any atom is 0.237 e. The van der Waals surface area contributed by atoms with Crippen LogP contribution < -0.4 is 15.4 Å². The Morgan fingerprint density at radius 2 is 2.23 bits per heavy atom. The lowest BCUT2D eigenvalue weighted by Crippen LogP contribution is -2.56. The van der Waals surface area contributed by atoms with Gasteiger partial charge < -0.3 is 15.4 Å². The Hall–Kier alpha value is -2.52. The molecule has 1 aromatic heterocycles. The molecule has 0 radical (unpaired) electrons. The number of carbonyl (C=O) groups excluding carboxylic acids is 2. The molecule has 2 amide bonds. The maximum absolute atomic E-state index is 14.3. The minimum Gasteiger partial charge on any atom is -0.497 e. The number of hydrogen-bond acceptors (Lipinski definition) is 6. The van der Waals surface area contributed by atoms with Crippen molar-refractivity contribution in [3.63, 3.8) is 0 Å². The van der Waals surface area contributed by atoms with E-state index < -0.39 is 11.9 Å². The number of ether oxygens (including phenoxy) is 1. The van der Waals surface area contributed by atoms with Crippen LogP contribution in [0.2, 0.25) is 0 Å². The number of hydrogen-bond donors (Lipinski definition) is 2. The number of methoxy groups -OCH3 is 1. The molecular weight excluding hydrogens is 407 g/mol. The van der Waals surface area contributed by atoms with Gasteiger partial charge in [0.1, 0.15) is 11.6 Å². The number of aromatic nitrogens is 1. The van der Waals surface area contributed by atoms with Crippen LogP contribution in [0.25, 0.3) is 0 Å². The summed E-state index contributed by atoms with van der Waals surface area (Å²) in [6, 6.07) is 4.02. The van der Waals surface area contributed by atoms with Gasteiger partial charge in [-0.1, -0.05) is 6.07 Å². The molecule has 1 fully saturated rings. The van der Waals surface area contributed by atoms with E-state index in [9.17, 15) is 14.0 Å². The van der Waals surface area contributed by atoms with Crippen LogP contribution in [0.15, 0.2) is 18.2 Å². The van der Waals surface area contributed by atoms with E-state index in [1.807, 2.05) is 18.7 Å². The van der Waals surface area contributed by atoms with Gasteiger partial charge in [-0.3, -0.25) is 14.5 Å². The number of halogens is 1. The van der Waals surface area contributed by atoms with Crippen molar-refractivity contribution in [3.8, 4) is 5.75 Å². The van der Waals surface area contributed by atoms with Gasteiger partial charge in [-0.2, -0.15) is 0 Å². The Labute approximate surface area is 179 Å². The van der Waals surface area contributed by atoms with Gasteiger partial charge in [-0.05, 0) is 19.9 Å². The fourth-order valence-corrected chi connectivity index (χ4v) is 4.31. The molecule has 1 unspecified atom stereocenters. The van der Waals surface area contributed by atoms with Crippen LogP contribution in [0.1, 0.15) is 27.6 Å². The lowest BCUT2D eigenvalue weighted by Gasteiger charge is -2.34. The Bertz CT molecular complexity index is 898. The van der Waals surface area contributed by atoms with Crippen molar-refractivity contribution in [2.45, 2.75) is 39.3 Å². The van der Waals surface area contributed by atoms with E-state index in [2.05, 4.69) is 15.6 Å². The minimum atomic E-state index is -0.635. The summed E-state index contributed by atoms with van der Waals surface area (Å²) in [5.41, 5.74) is 1.48. The van der Waals surface area contributed by atoms with Crippen LogP contribution in [0.4, 0.5) is 4.39 Å². The van der Waals surface area contributed by atoms with Gasteiger partial charge in [-0.25, -0.2) is 9.37 Å². The largest absolute Gasteiger partial charge is 0.497 e. The summed E-state index contributed by atoms with van der Waals surface area (Å²) in [4.78, 5) is 32.3. The molecule has 9 heteroatoms. The van der Waals surface area contributed by atoms with E-state index in [-0.39, 0.29) is 24.8 Å². The minimum absolute atomic E-state index is 0.0273. The zero-order valence-corrected chi connectivity index (χ0v) is 18.3. The standard InChI is InChI=1S/C21H27FN4O3S/c1-13-14(2)30-20(25-13)6-7-23-19(27)11-18-21(28)24-8-9-26(18)12-15-4-5-16(29-3)10-17(15)22/h4-5,10,18H,6-9,11-12H2,1-3H3,(H,23,27)(H,24,28). The van der Waals surface area contributed by atoms with E-state index in [1.165, 1.54) is 18.1 Å². The van der Waals surface area contributed by atoms with Gasteiger partial charge in [0.15, 0.2) is 0 Å². The third-order valence-corrected chi connectivity index (χ3v) is 6.32. The molecule has 7 nitrogen and oxygen atoms in total. The highest BCUT2D eigenvalue weighted by Crippen LogP contribution is 2.20. The second-order valence-electron chi connectivity index (χ2n) is 7.29. The SMILES string of the molecule is COc1ccc(CN2CCNC(=O)C2CC(=O)NCCc2nc(C)c(C)s2)c(F)c1. The molecule has 0 saturated carbocycles. The van der Waals surface area contributed by atoms with Gasteiger partial charge in [0.25, 0.3) is 0 Å². The number of nitrogens with zero attached hydrogens (tertiary/aromatic N) is 2. The van der Waals surface area contributed by atoms with E-state index in [1.54, 1.807) is 23.5 Å². The monoisotopic (exact) mass is 434 g/mol. The molecule has 1 atom stereocenters. The van der Waals surface area contributed by atoms with Crippen LogP contribution in [0, 0.1) is 19.7 Å². The Kier molecular flexibility index (Phi) is 7.38. The summed E-state index contributed by atoms with van der Waals surface area (Å²) in [5.74, 6) is -0.370. The predicted octanol–water partition coefficient (Wildman–Crippen LogP) is 1.96. The molecule has 3 rings (SSSR count). The number of amides is 2. The van der Waals surface area contributed by atoms with Crippen molar-refractivity contribution < 1.29 is 18.7 Å². The van der Waals surface area contributed by atoms with Gasteiger partial charge in [0.2, 0.25) is 11.8 Å². The third-order valence-electron chi connectivity index (χ3n) is 5.19. The highest BCUT2D eigenvalue weighted by molar-refractivity contribution is 7.11. The molecular formula is C21H27FN4O3S. The smallest absolute Gasteiger partial charge is 0.237 e. The summed E-state index contributed by atoms with van der Waals surface area (Å²) in [6.45, 7) is 5.72. The number of thiazole rings is 1. The van der Waals surface area contributed by atoms with Crippen LogP contribution in [0.3, 0.4) is 0 Å². The fourth-order valence-electron chi connectivity index (χ4n) is 3.38. The molecule has 2 heterocycles. The lowest BCUT2D eigenvalue weighted by atomic mass is 10.1. The first-order valence-electron chi connectivity index (χ1n) is 9.91. The number of rotatable bonds is 8. The summed E-state index contributed by atoms with van der Waals surface area (Å²) in [7, 11) is 1.48. The van der Waals surface area contributed by atoms with Crippen LogP contribution in [-0.4, -0.2) is 54.5 Å². The lowest BCUT2D eigenvalue weighted by molar-refractivity contribution is -0.134. The number of piperazine rings is 1. The molecule has 30 heavy (non-hydrogen) atoms. The second-order valence-corrected chi connectivity index (χ2v) is 8.58. The third kappa shape index (κ3) is 5.54. The normalized spacial score (nSPS) is 16.9. The Morgan fingerprint density at radius 1 is 1.43 bits per heavy atom. The van der Waals surface area contributed by atoms with Gasteiger partial charge in [-0.15, -0.1) is 11.3 Å². The molecule has 2 N–H and O–H groups in total. The van der Waals surface area contributed by atoms with Crippen molar-refractivity contribution >= 4 is 23.2 Å². The molecule has 0 aliphatic carbocycles. The molecule has 1 aromatic carbocycles. The molecule has 0 bridgehead atoms. The average Bonchev–Trinajstić information content (AvgIpc) is 3.03. The topological polar surface area (TPSA) is 83.6 Å². The van der Waals surface area contributed by atoms with Crippen molar-refractivity contribution in [1.29, 1.82) is 0 Å². The quantitative estimate of drug-likeness (QED) is 0.664. The van der Waals surface area contributed by atoms with Crippen molar-refractivity contribution in [1.82, 2.24) is 20.5 Å². The van der Waals surface area contributed by atoms with Crippen LogP contribution in [0.5, 0.6) is 5.75 Å².